The summed E-state index contributed by atoms with van der Waals surface area (Å²) >= 11 is 0. The normalized spacial score (nSPS) is 20.5. The maximum absolute atomic E-state index is 3.45. The van der Waals surface area contributed by atoms with Gasteiger partial charge in [0.05, 0.1) is 0 Å². The van der Waals surface area contributed by atoms with Gasteiger partial charge in [-0.05, 0) is 48.1 Å². The van der Waals surface area contributed by atoms with E-state index >= 15 is 0 Å². The summed E-state index contributed by atoms with van der Waals surface area (Å²) in [6.45, 7) is 6.79. The maximum Gasteiger partial charge on any atom is 0.0457 e. The fourth-order valence-electron chi connectivity index (χ4n) is 2.78. The molecule has 0 bridgehead atoms. The van der Waals surface area contributed by atoms with Crippen LogP contribution in [0.25, 0.3) is 10.9 Å². The molecular formula is C15H20N2. The van der Waals surface area contributed by atoms with Gasteiger partial charge >= 0.3 is 0 Å². The average Bonchev–Trinajstić information content (AvgIpc) is 2.96. The summed E-state index contributed by atoms with van der Waals surface area (Å²) in [6.07, 6.45) is 3.46. The zero-order valence-corrected chi connectivity index (χ0v) is 10.6. The molecule has 3 rings (SSSR count). The molecule has 2 nitrogen and oxygen atoms in total. The Morgan fingerprint density at radius 1 is 1.29 bits per heavy atom. The second-order valence-corrected chi connectivity index (χ2v) is 5.39. The summed E-state index contributed by atoms with van der Waals surface area (Å²) < 4.78 is 0. The first-order valence-electron chi connectivity index (χ1n) is 6.57. The van der Waals surface area contributed by atoms with Gasteiger partial charge in [0.25, 0.3) is 0 Å². The number of fused-ring (bicyclic) bond motifs is 1. The number of H-pyrrole nitrogens is 1. The van der Waals surface area contributed by atoms with Crippen molar-refractivity contribution in [3.05, 3.63) is 35.5 Å². The molecule has 0 radical (unpaired) electrons. The highest BCUT2D eigenvalue weighted by molar-refractivity contribution is 5.84. The molecule has 2 aromatic rings. The molecule has 1 aliphatic heterocycles. The number of rotatable bonds is 2. The Balaban J connectivity index is 2.08. The Hall–Kier alpha value is -1.28. The van der Waals surface area contributed by atoms with Gasteiger partial charge in [0.2, 0.25) is 0 Å². The minimum atomic E-state index is 0.601. The van der Waals surface area contributed by atoms with Gasteiger partial charge in [0.15, 0.2) is 0 Å². The van der Waals surface area contributed by atoms with E-state index in [0.29, 0.717) is 11.8 Å². The van der Waals surface area contributed by atoms with E-state index in [-0.39, 0.29) is 0 Å². The van der Waals surface area contributed by atoms with Crippen LogP contribution in [0.15, 0.2) is 24.4 Å². The molecule has 2 N–H and O–H groups in total. The van der Waals surface area contributed by atoms with Crippen LogP contribution >= 0.6 is 0 Å². The van der Waals surface area contributed by atoms with Crippen molar-refractivity contribution in [2.24, 2.45) is 0 Å². The van der Waals surface area contributed by atoms with Gasteiger partial charge < -0.3 is 10.3 Å². The zero-order chi connectivity index (χ0) is 11.8. The molecule has 0 amide bonds. The van der Waals surface area contributed by atoms with Gasteiger partial charge in [-0.25, -0.2) is 0 Å². The lowest BCUT2D eigenvalue weighted by Crippen LogP contribution is -2.07. The molecule has 2 heteroatoms. The zero-order valence-electron chi connectivity index (χ0n) is 10.6. The lowest BCUT2D eigenvalue weighted by Gasteiger charge is -2.09. The summed E-state index contributed by atoms with van der Waals surface area (Å²) in [4.78, 5) is 3.40. The average molecular weight is 228 g/mol. The van der Waals surface area contributed by atoms with Crippen LogP contribution in [0.3, 0.4) is 0 Å². The van der Waals surface area contributed by atoms with Gasteiger partial charge in [-0.3, -0.25) is 0 Å². The molecule has 1 aromatic heterocycles. The first-order chi connectivity index (χ1) is 8.25. The molecule has 2 heterocycles. The predicted molar refractivity (Wildman–Crippen MR) is 72.6 cm³/mol. The maximum atomic E-state index is 3.45. The summed E-state index contributed by atoms with van der Waals surface area (Å²) in [5, 5.41) is 4.87. The molecule has 1 fully saturated rings. The summed E-state index contributed by atoms with van der Waals surface area (Å²) in [5.74, 6) is 1.29. The number of aromatic amines is 1. The molecule has 1 aromatic carbocycles. The third kappa shape index (κ3) is 1.87. The summed E-state index contributed by atoms with van der Waals surface area (Å²) in [6, 6.07) is 6.82. The molecule has 90 valence electrons. The molecule has 1 saturated heterocycles. The minimum Gasteiger partial charge on any atom is -0.361 e. The van der Waals surface area contributed by atoms with E-state index in [1.807, 2.05) is 0 Å². The molecule has 0 saturated carbocycles. The van der Waals surface area contributed by atoms with Crippen LogP contribution in [-0.4, -0.2) is 18.1 Å². The van der Waals surface area contributed by atoms with Crippen molar-refractivity contribution in [3.63, 3.8) is 0 Å². The third-order valence-corrected chi connectivity index (χ3v) is 3.90. The smallest absolute Gasteiger partial charge is 0.0457 e. The number of nitrogens with one attached hydrogen (secondary N) is 2. The van der Waals surface area contributed by atoms with E-state index in [9.17, 15) is 0 Å². The van der Waals surface area contributed by atoms with E-state index in [4.69, 9.17) is 0 Å². The highest BCUT2D eigenvalue weighted by atomic mass is 14.9. The van der Waals surface area contributed by atoms with Crippen LogP contribution in [0.2, 0.25) is 0 Å². The molecule has 17 heavy (non-hydrogen) atoms. The fourth-order valence-corrected chi connectivity index (χ4v) is 2.78. The van der Waals surface area contributed by atoms with Crippen molar-refractivity contribution in [1.82, 2.24) is 10.3 Å². The monoisotopic (exact) mass is 228 g/mol. The Kier molecular flexibility index (Phi) is 2.67. The second kappa shape index (κ2) is 4.19. The van der Waals surface area contributed by atoms with E-state index in [2.05, 4.69) is 48.5 Å². The first kappa shape index (κ1) is 10.8. The fraction of sp³-hybridized carbons (Fsp3) is 0.467. The Labute approximate surface area is 102 Å². The predicted octanol–water partition coefficient (Wildman–Crippen LogP) is 3.37. The van der Waals surface area contributed by atoms with Crippen LogP contribution in [0.5, 0.6) is 0 Å². The quantitative estimate of drug-likeness (QED) is 0.810. The van der Waals surface area contributed by atoms with Crippen LogP contribution in [-0.2, 0) is 0 Å². The Morgan fingerprint density at radius 3 is 2.88 bits per heavy atom. The molecular weight excluding hydrogens is 208 g/mol. The molecule has 1 unspecified atom stereocenters. The highest BCUT2D eigenvalue weighted by Crippen LogP contribution is 2.31. The van der Waals surface area contributed by atoms with Crippen molar-refractivity contribution >= 4 is 10.9 Å². The van der Waals surface area contributed by atoms with Crippen molar-refractivity contribution < 1.29 is 0 Å². The van der Waals surface area contributed by atoms with Gasteiger partial charge in [0.1, 0.15) is 0 Å². The lowest BCUT2D eigenvalue weighted by atomic mass is 9.95. The Bertz CT molecular complexity index is 519. The molecule has 0 spiro atoms. The number of hydrogen-bond acceptors (Lipinski definition) is 1. The SMILES string of the molecule is CC(C)c1ccc2[nH]cc(C3CCNC3)c2c1. The standard InChI is InChI=1S/C15H20N2/c1-10(2)11-3-4-15-13(7-11)14(9-17-15)12-5-6-16-8-12/h3-4,7,9-10,12,16-17H,5-6,8H2,1-2H3. The van der Waals surface area contributed by atoms with Crippen LogP contribution in [0.4, 0.5) is 0 Å². The summed E-state index contributed by atoms with van der Waals surface area (Å²) in [7, 11) is 0. The lowest BCUT2D eigenvalue weighted by molar-refractivity contribution is 0.769. The number of benzene rings is 1. The van der Waals surface area contributed by atoms with E-state index in [1.54, 1.807) is 0 Å². The molecule has 1 aliphatic rings. The van der Waals surface area contributed by atoms with E-state index < -0.39 is 0 Å². The van der Waals surface area contributed by atoms with Crippen molar-refractivity contribution in [1.29, 1.82) is 0 Å². The first-order valence-corrected chi connectivity index (χ1v) is 6.57. The van der Waals surface area contributed by atoms with Crippen molar-refractivity contribution in [2.45, 2.75) is 32.1 Å². The highest BCUT2D eigenvalue weighted by Gasteiger charge is 2.19. The third-order valence-electron chi connectivity index (χ3n) is 3.90. The van der Waals surface area contributed by atoms with Gasteiger partial charge in [0, 0.05) is 23.6 Å². The largest absolute Gasteiger partial charge is 0.361 e. The van der Waals surface area contributed by atoms with Crippen LogP contribution in [0, 0.1) is 0 Å². The molecule has 0 aliphatic carbocycles. The van der Waals surface area contributed by atoms with Crippen molar-refractivity contribution in [3.8, 4) is 0 Å². The topological polar surface area (TPSA) is 27.8 Å². The summed E-state index contributed by atoms with van der Waals surface area (Å²) in [5.41, 5.74) is 4.20. The van der Waals surface area contributed by atoms with Gasteiger partial charge in [-0.2, -0.15) is 0 Å². The van der Waals surface area contributed by atoms with Crippen molar-refractivity contribution in [2.75, 3.05) is 13.1 Å². The minimum absolute atomic E-state index is 0.601. The Morgan fingerprint density at radius 2 is 2.18 bits per heavy atom. The van der Waals surface area contributed by atoms with E-state index in [0.717, 1.165) is 13.1 Å². The second-order valence-electron chi connectivity index (χ2n) is 5.39. The van der Waals surface area contributed by atoms with Crippen LogP contribution in [0.1, 0.15) is 43.2 Å². The number of aromatic nitrogens is 1. The van der Waals surface area contributed by atoms with Gasteiger partial charge in [-0.1, -0.05) is 19.9 Å². The van der Waals surface area contributed by atoms with Gasteiger partial charge in [-0.15, -0.1) is 0 Å². The van der Waals surface area contributed by atoms with Crippen LogP contribution < -0.4 is 5.32 Å². The number of hydrogen-bond donors (Lipinski definition) is 2. The van der Waals surface area contributed by atoms with E-state index in [1.165, 1.54) is 28.5 Å². The molecule has 1 atom stereocenters.